The van der Waals surface area contributed by atoms with Crippen LogP contribution >= 0.6 is 0 Å². The molecule has 1 saturated heterocycles. The third kappa shape index (κ3) is 4.30. The first kappa shape index (κ1) is 19.8. The summed E-state index contributed by atoms with van der Waals surface area (Å²) in [5.41, 5.74) is 2.86. The molecule has 0 aromatic heterocycles. The summed E-state index contributed by atoms with van der Waals surface area (Å²) in [6.07, 6.45) is 2.93. The Hall–Kier alpha value is -2.94. The van der Waals surface area contributed by atoms with Crippen LogP contribution in [0.4, 0.5) is 0 Å². The maximum Gasteiger partial charge on any atom is 0.255 e. The van der Waals surface area contributed by atoms with Gasteiger partial charge in [0.1, 0.15) is 11.8 Å². The number of ether oxygens (including phenoxy) is 1. The molecule has 150 valence electrons. The molecule has 1 unspecified atom stereocenters. The summed E-state index contributed by atoms with van der Waals surface area (Å²) in [5.74, 6) is -0.787. The molecule has 1 atom stereocenters. The lowest BCUT2D eigenvalue weighted by molar-refractivity contribution is -0.137. The minimum atomic E-state index is -0.650. The van der Waals surface area contributed by atoms with E-state index in [1.807, 2.05) is 0 Å². The number of hydrogen-bond acceptors (Lipinski definition) is 6. The van der Waals surface area contributed by atoms with Gasteiger partial charge in [0.25, 0.3) is 5.91 Å². The van der Waals surface area contributed by atoms with Gasteiger partial charge in [-0.2, -0.15) is 0 Å². The average Bonchev–Trinajstić information content (AvgIpc) is 3.01. The molecule has 28 heavy (non-hydrogen) atoms. The van der Waals surface area contributed by atoms with Crippen molar-refractivity contribution >= 4 is 23.6 Å². The van der Waals surface area contributed by atoms with E-state index in [4.69, 9.17) is 9.94 Å². The molecule has 9 heteroatoms. The third-order valence-electron chi connectivity index (χ3n) is 4.97. The van der Waals surface area contributed by atoms with E-state index >= 15 is 0 Å². The molecule has 1 aromatic rings. The molecule has 0 spiro atoms. The van der Waals surface area contributed by atoms with E-state index in [1.165, 1.54) is 4.90 Å². The Balaban J connectivity index is 1.57. The van der Waals surface area contributed by atoms with Crippen molar-refractivity contribution in [2.75, 3.05) is 6.61 Å². The highest BCUT2D eigenvalue weighted by molar-refractivity contribution is 6.05. The zero-order valence-electron chi connectivity index (χ0n) is 15.4. The smallest absolute Gasteiger partial charge is 0.255 e. The Bertz CT molecular complexity index is 794. The lowest BCUT2D eigenvalue weighted by Crippen LogP contribution is -2.52. The number of unbranched alkanes of at least 4 members (excludes halogenated alkanes) is 2. The number of hydroxylamine groups is 1. The van der Waals surface area contributed by atoms with E-state index in [1.54, 1.807) is 23.7 Å². The monoisotopic (exact) mass is 389 g/mol. The SMILES string of the molecule is O=C(CCCCCOc1cccc2c1CN(C1CCC(=O)NC1=O)C2=O)NO. The topological polar surface area (TPSA) is 125 Å². The van der Waals surface area contributed by atoms with E-state index in [0.29, 0.717) is 30.8 Å². The minimum Gasteiger partial charge on any atom is -0.493 e. The number of nitrogens with zero attached hydrogens (tertiary/aromatic N) is 1. The number of nitrogens with one attached hydrogen (secondary N) is 2. The highest BCUT2D eigenvalue weighted by Crippen LogP contribution is 2.33. The van der Waals surface area contributed by atoms with Gasteiger partial charge in [-0.05, 0) is 37.8 Å². The quantitative estimate of drug-likeness (QED) is 0.262. The van der Waals surface area contributed by atoms with Crippen LogP contribution in [0.5, 0.6) is 5.75 Å². The second-order valence-electron chi connectivity index (χ2n) is 6.88. The summed E-state index contributed by atoms with van der Waals surface area (Å²) in [7, 11) is 0. The number of carbonyl (C=O) groups excluding carboxylic acids is 4. The van der Waals surface area contributed by atoms with Crippen molar-refractivity contribution in [3.63, 3.8) is 0 Å². The van der Waals surface area contributed by atoms with E-state index in [2.05, 4.69) is 5.32 Å². The van der Waals surface area contributed by atoms with Crippen LogP contribution in [0.1, 0.15) is 54.4 Å². The van der Waals surface area contributed by atoms with Crippen molar-refractivity contribution in [1.29, 1.82) is 0 Å². The van der Waals surface area contributed by atoms with Crippen molar-refractivity contribution in [2.24, 2.45) is 0 Å². The first-order valence-electron chi connectivity index (χ1n) is 9.33. The summed E-state index contributed by atoms with van der Waals surface area (Å²) < 4.78 is 5.83. The number of rotatable bonds is 8. The molecular formula is C19H23N3O6. The second-order valence-corrected chi connectivity index (χ2v) is 6.88. The fourth-order valence-corrected chi connectivity index (χ4v) is 3.49. The lowest BCUT2D eigenvalue weighted by atomic mass is 10.0. The predicted molar refractivity (Wildman–Crippen MR) is 96.4 cm³/mol. The molecule has 2 aliphatic rings. The van der Waals surface area contributed by atoms with Gasteiger partial charge in [0.15, 0.2) is 0 Å². The van der Waals surface area contributed by atoms with Gasteiger partial charge < -0.3 is 9.64 Å². The molecule has 2 aliphatic heterocycles. The number of benzene rings is 1. The number of fused-ring (bicyclic) bond motifs is 1. The molecule has 0 aliphatic carbocycles. The van der Waals surface area contributed by atoms with E-state index in [0.717, 1.165) is 18.4 Å². The molecule has 2 heterocycles. The van der Waals surface area contributed by atoms with Crippen molar-refractivity contribution in [3.05, 3.63) is 29.3 Å². The first-order valence-corrected chi connectivity index (χ1v) is 9.33. The van der Waals surface area contributed by atoms with Gasteiger partial charge in [-0.1, -0.05) is 6.07 Å². The summed E-state index contributed by atoms with van der Waals surface area (Å²) in [6, 6.07) is 4.59. The van der Waals surface area contributed by atoms with Crippen molar-refractivity contribution in [3.8, 4) is 5.75 Å². The Morgan fingerprint density at radius 3 is 2.82 bits per heavy atom. The molecular weight excluding hydrogens is 366 g/mol. The maximum absolute atomic E-state index is 12.7. The van der Waals surface area contributed by atoms with Crippen molar-refractivity contribution in [1.82, 2.24) is 15.7 Å². The van der Waals surface area contributed by atoms with Crippen LogP contribution in [0.25, 0.3) is 0 Å². The second kappa shape index (κ2) is 8.83. The van der Waals surface area contributed by atoms with Crippen LogP contribution in [0.3, 0.4) is 0 Å². The van der Waals surface area contributed by atoms with E-state index in [-0.39, 0.29) is 31.2 Å². The first-order chi connectivity index (χ1) is 13.5. The highest BCUT2D eigenvalue weighted by atomic mass is 16.5. The van der Waals surface area contributed by atoms with Gasteiger partial charge in [0.05, 0.1) is 13.2 Å². The van der Waals surface area contributed by atoms with Gasteiger partial charge in [-0.15, -0.1) is 0 Å². The Morgan fingerprint density at radius 1 is 1.25 bits per heavy atom. The number of imide groups is 1. The molecule has 9 nitrogen and oxygen atoms in total. The zero-order chi connectivity index (χ0) is 20.1. The Kier molecular flexibility index (Phi) is 6.25. The largest absolute Gasteiger partial charge is 0.493 e. The predicted octanol–water partition coefficient (Wildman–Crippen LogP) is 0.892. The molecule has 3 N–H and O–H groups in total. The fourth-order valence-electron chi connectivity index (χ4n) is 3.49. The zero-order valence-corrected chi connectivity index (χ0v) is 15.4. The Labute approximate surface area is 162 Å². The fraction of sp³-hybridized carbons (Fsp3) is 0.474. The van der Waals surface area contributed by atoms with Crippen LogP contribution in [0, 0.1) is 0 Å². The van der Waals surface area contributed by atoms with Crippen LogP contribution in [-0.2, 0) is 20.9 Å². The van der Waals surface area contributed by atoms with Crippen LogP contribution in [0.15, 0.2) is 18.2 Å². The molecule has 0 saturated carbocycles. The normalized spacial score (nSPS) is 18.7. The summed E-state index contributed by atoms with van der Waals surface area (Å²) in [6.45, 7) is 0.705. The van der Waals surface area contributed by atoms with Crippen molar-refractivity contribution < 1.29 is 29.1 Å². The molecule has 3 rings (SSSR count). The van der Waals surface area contributed by atoms with Gasteiger partial charge >= 0.3 is 0 Å². The number of hydrogen-bond donors (Lipinski definition) is 3. The highest BCUT2D eigenvalue weighted by Gasteiger charge is 2.40. The van der Waals surface area contributed by atoms with Gasteiger partial charge in [-0.3, -0.25) is 29.7 Å². The molecule has 4 amide bonds. The average molecular weight is 389 g/mol. The van der Waals surface area contributed by atoms with Crippen molar-refractivity contribution in [2.45, 2.75) is 51.1 Å². The van der Waals surface area contributed by atoms with E-state index < -0.39 is 17.9 Å². The maximum atomic E-state index is 12.7. The lowest BCUT2D eigenvalue weighted by Gasteiger charge is -2.29. The number of amides is 4. The standard InChI is InChI=1S/C19H23N3O6/c23-16-9-8-14(18(25)20-16)22-11-13-12(19(22)26)5-4-6-15(13)28-10-3-1-2-7-17(24)21-27/h4-6,14,27H,1-3,7-11H2,(H,21,24)(H,20,23,25). The van der Waals surface area contributed by atoms with Gasteiger partial charge in [-0.25, -0.2) is 5.48 Å². The van der Waals surface area contributed by atoms with Crippen LogP contribution < -0.4 is 15.5 Å². The molecule has 0 bridgehead atoms. The van der Waals surface area contributed by atoms with Gasteiger partial charge in [0, 0.05) is 24.0 Å². The van der Waals surface area contributed by atoms with Crippen LogP contribution in [0.2, 0.25) is 0 Å². The minimum absolute atomic E-state index is 0.216. The van der Waals surface area contributed by atoms with E-state index in [9.17, 15) is 19.2 Å². The number of piperidine rings is 1. The molecule has 0 radical (unpaired) electrons. The summed E-state index contributed by atoms with van der Waals surface area (Å²) in [4.78, 5) is 48.6. The summed E-state index contributed by atoms with van der Waals surface area (Å²) >= 11 is 0. The molecule has 1 aromatic carbocycles. The Morgan fingerprint density at radius 2 is 2.07 bits per heavy atom. The van der Waals surface area contributed by atoms with Gasteiger partial charge in [0.2, 0.25) is 17.7 Å². The number of carbonyl (C=O) groups is 4. The molecule has 1 fully saturated rings. The van der Waals surface area contributed by atoms with Crippen LogP contribution in [-0.4, -0.2) is 46.4 Å². The third-order valence-corrected chi connectivity index (χ3v) is 4.97. The summed E-state index contributed by atoms with van der Waals surface area (Å²) in [5, 5.41) is 10.7.